The molecule has 0 spiro atoms. The van der Waals surface area contributed by atoms with Gasteiger partial charge in [-0.25, -0.2) is 9.78 Å². The molecule has 1 saturated carbocycles. The summed E-state index contributed by atoms with van der Waals surface area (Å²) in [6.07, 6.45) is 5.29. The molecular weight excluding hydrogens is 324 g/mol. The van der Waals surface area contributed by atoms with Crippen LogP contribution in [0.3, 0.4) is 0 Å². The Hall–Kier alpha value is -2.21. The lowest BCUT2D eigenvalue weighted by Gasteiger charge is -2.31. The average molecular weight is 342 g/mol. The normalized spacial score (nSPS) is 21.8. The maximum atomic E-state index is 12.8. The van der Waals surface area contributed by atoms with E-state index < -0.39 is 17.6 Å². The molecule has 1 amide bonds. The first-order chi connectivity index (χ1) is 11.7. The second-order valence-corrected chi connectivity index (χ2v) is 7.27. The van der Waals surface area contributed by atoms with Gasteiger partial charge in [-0.1, -0.05) is 31.0 Å². The van der Waals surface area contributed by atoms with Gasteiger partial charge in [0.15, 0.2) is 6.10 Å². The summed E-state index contributed by atoms with van der Waals surface area (Å²) in [5.41, 5.74) is 1.01. The molecule has 2 heterocycles. The standard InChI is InChI=1S/C18H18N2O3S/c21-15(14-11-12-5-1-2-6-13(12)16(22)23-14)20-18(7-3-4-8-18)17-19-9-10-24-17/h1-2,5-6,9-10,14H,3-4,7-8,11H2,(H,20,21)/t14-/m1/s1. The zero-order valence-corrected chi connectivity index (χ0v) is 14.0. The van der Waals surface area contributed by atoms with Gasteiger partial charge in [-0.05, 0) is 24.5 Å². The van der Waals surface area contributed by atoms with Gasteiger partial charge in [-0.2, -0.15) is 0 Å². The quantitative estimate of drug-likeness (QED) is 0.871. The third kappa shape index (κ3) is 2.60. The molecule has 24 heavy (non-hydrogen) atoms. The van der Waals surface area contributed by atoms with Crippen molar-refractivity contribution in [3.05, 3.63) is 52.0 Å². The van der Waals surface area contributed by atoms with Crippen molar-refractivity contribution in [3.63, 3.8) is 0 Å². The SMILES string of the molecule is O=C1O[C@@H](C(=O)NC2(c3nccs3)CCCC2)Cc2ccccc21. The van der Waals surface area contributed by atoms with Crippen molar-refractivity contribution in [2.75, 3.05) is 0 Å². The summed E-state index contributed by atoms with van der Waals surface area (Å²) in [5, 5.41) is 6.02. The Bertz CT molecular complexity index is 766. The Labute approximate surface area is 144 Å². The van der Waals surface area contributed by atoms with Crippen LogP contribution in [0.4, 0.5) is 0 Å². The van der Waals surface area contributed by atoms with Gasteiger partial charge in [0.05, 0.1) is 11.1 Å². The molecule has 1 aliphatic carbocycles. The molecule has 0 unspecified atom stereocenters. The highest BCUT2D eigenvalue weighted by atomic mass is 32.1. The molecule has 1 aromatic carbocycles. The van der Waals surface area contributed by atoms with Crippen LogP contribution < -0.4 is 5.32 Å². The summed E-state index contributed by atoms with van der Waals surface area (Å²) in [4.78, 5) is 29.3. The number of rotatable bonds is 3. The molecule has 2 aliphatic rings. The fraction of sp³-hybridized carbons (Fsp3) is 0.389. The van der Waals surface area contributed by atoms with E-state index in [2.05, 4.69) is 10.3 Å². The number of carbonyl (C=O) groups excluding carboxylic acids is 2. The number of ether oxygens (including phenoxy) is 1. The maximum Gasteiger partial charge on any atom is 0.339 e. The van der Waals surface area contributed by atoms with E-state index >= 15 is 0 Å². The second kappa shape index (κ2) is 6.02. The van der Waals surface area contributed by atoms with Crippen molar-refractivity contribution >= 4 is 23.2 Å². The summed E-state index contributed by atoms with van der Waals surface area (Å²) in [6.45, 7) is 0. The Morgan fingerprint density at radius 3 is 2.83 bits per heavy atom. The molecule has 1 aromatic heterocycles. The lowest BCUT2D eigenvalue weighted by Crippen LogP contribution is -2.50. The van der Waals surface area contributed by atoms with Gasteiger partial charge in [0.25, 0.3) is 5.91 Å². The molecule has 2 aromatic rings. The van der Waals surface area contributed by atoms with E-state index in [1.807, 2.05) is 17.5 Å². The highest BCUT2D eigenvalue weighted by Gasteiger charge is 2.42. The number of esters is 1. The zero-order chi connectivity index (χ0) is 16.6. The number of aromatic nitrogens is 1. The molecule has 1 aliphatic heterocycles. The molecule has 0 saturated heterocycles. The lowest BCUT2D eigenvalue weighted by atomic mass is 9.95. The number of thiazole rings is 1. The monoisotopic (exact) mass is 342 g/mol. The number of amides is 1. The minimum absolute atomic E-state index is 0.227. The lowest BCUT2D eigenvalue weighted by molar-refractivity contribution is -0.132. The minimum atomic E-state index is -0.773. The molecule has 1 fully saturated rings. The molecule has 0 radical (unpaired) electrons. The van der Waals surface area contributed by atoms with Gasteiger partial charge in [-0.15, -0.1) is 11.3 Å². The minimum Gasteiger partial charge on any atom is -0.448 e. The number of nitrogens with zero attached hydrogens (tertiary/aromatic N) is 1. The van der Waals surface area contributed by atoms with Gasteiger partial charge in [0, 0.05) is 18.0 Å². The van der Waals surface area contributed by atoms with Crippen LogP contribution in [0, 0.1) is 0 Å². The smallest absolute Gasteiger partial charge is 0.339 e. The third-order valence-electron chi connectivity index (χ3n) is 4.85. The number of nitrogens with one attached hydrogen (secondary N) is 1. The first-order valence-corrected chi connectivity index (χ1v) is 9.07. The van der Waals surface area contributed by atoms with Crippen molar-refractivity contribution in [3.8, 4) is 0 Å². The van der Waals surface area contributed by atoms with Crippen LogP contribution >= 0.6 is 11.3 Å². The number of hydrogen-bond donors (Lipinski definition) is 1. The fourth-order valence-corrected chi connectivity index (χ4v) is 4.48. The van der Waals surface area contributed by atoms with E-state index in [9.17, 15) is 9.59 Å². The first-order valence-electron chi connectivity index (χ1n) is 8.19. The van der Waals surface area contributed by atoms with Crippen molar-refractivity contribution in [2.45, 2.75) is 43.7 Å². The van der Waals surface area contributed by atoms with E-state index in [-0.39, 0.29) is 5.91 Å². The van der Waals surface area contributed by atoms with Crippen LogP contribution in [0.15, 0.2) is 35.8 Å². The number of hydrogen-bond acceptors (Lipinski definition) is 5. The van der Waals surface area contributed by atoms with Crippen LogP contribution in [0.5, 0.6) is 0 Å². The van der Waals surface area contributed by atoms with E-state index in [1.54, 1.807) is 29.7 Å². The Morgan fingerprint density at radius 1 is 1.29 bits per heavy atom. The van der Waals surface area contributed by atoms with Crippen LogP contribution in [0.1, 0.15) is 46.6 Å². The molecule has 4 rings (SSSR count). The third-order valence-corrected chi connectivity index (χ3v) is 5.82. The summed E-state index contributed by atoms with van der Waals surface area (Å²) >= 11 is 1.56. The number of fused-ring (bicyclic) bond motifs is 1. The molecule has 0 bridgehead atoms. The molecule has 6 heteroatoms. The van der Waals surface area contributed by atoms with E-state index in [0.29, 0.717) is 12.0 Å². The molecule has 124 valence electrons. The topological polar surface area (TPSA) is 68.3 Å². The van der Waals surface area contributed by atoms with Gasteiger partial charge in [0.2, 0.25) is 0 Å². The largest absolute Gasteiger partial charge is 0.448 e. The Balaban J connectivity index is 1.55. The van der Waals surface area contributed by atoms with Crippen molar-refractivity contribution in [1.29, 1.82) is 0 Å². The summed E-state index contributed by atoms with van der Waals surface area (Å²) in [7, 11) is 0. The zero-order valence-electron chi connectivity index (χ0n) is 13.2. The summed E-state index contributed by atoms with van der Waals surface area (Å²) in [6, 6.07) is 7.29. The van der Waals surface area contributed by atoms with Crippen molar-refractivity contribution < 1.29 is 14.3 Å². The molecule has 1 N–H and O–H groups in total. The van der Waals surface area contributed by atoms with E-state index in [4.69, 9.17) is 4.74 Å². The van der Waals surface area contributed by atoms with Crippen LogP contribution in [0.2, 0.25) is 0 Å². The van der Waals surface area contributed by atoms with E-state index in [0.717, 1.165) is 36.3 Å². The number of benzene rings is 1. The first kappa shape index (κ1) is 15.3. The summed E-state index contributed by atoms with van der Waals surface area (Å²) < 4.78 is 5.38. The Kier molecular flexibility index (Phi) is 3.84. The predicted molar refractivity (Wildman–Crippen MR) is 89.8 cm³/mol. The second-order valence-electron chi connectivity index (χ2n) is 6.37. The highest BCUT2D eigenvalue weighted by Crippen LogP contribution is 2.40. The van der Waals surface area contributed by atoms with Gasteiger partial charge < -0.3 is 10.1 Å². The molecule has 1 atom stereocenters. The van der Waals surface area contributed by atoms with Crippen LogP contribution in [-0.4, -0.2) is 23.0 Å². The molecular formula is C18H18N2O3S. The molecule has 5 nitrogen and oxygen atoms in total. The predicted octanol–water partition coefficient (Wildman–Crippen LogP) is 2.81. The summed E-state index contributed by atoms with van der Waals surface area (Å²) in [5.74, 6) is -0.651. The van der Waals surface area contributed by atoms with Crippen molar-refractivity contribution in [2.24, 2.45) is 0 Å². The number of cyclic esters (lactones) is 1. The van der Waals surface area contributed by atoms with Gasteiger partial charge >= 0.3 is 5.97 Å². The van der Waals surface area contributed by atoms with Gasteiger partial charge in [0.1, 0.15) is 5.01 Å². The Morgan fingerprint density at radius 2 is 2.08 bits per heavy atom. The van der Waals surface area contributed by atoms with Crippen LogP contribution in [-0.2, 0) is 21.5 Å². The fourth-order valence-electron chi connectivity index (χ4n) is 3.62. The van der Waals surface area contributed by atoms with Crippen molar-refractivity contribution in [1.82, 2.24) is 10.3 Å². The van der Waals surface area contributed by atoms with Crippen LogP contribution in [0.25, 0.3) is 0 Å². The van der Waals surface area contributed by atoms with E-state index in [1.165, 1.54) is 0 Å². The maximum absolute atomic E-state index is 12.8. The highest BCUT2D eigenvalue weighted by molar-refractivity contribution is 7.09. The van der Waals surface area contributed by atoms with Gasteiger partial charge in [-0.3, -0.25) is 4.79 Å². The number of carbonyl (C=O) groups is 2. The average Bonchev–Trinajstić information content (AvgIpc) is 3.27.